The number of H-pyrrole nitrogens is 1. The van der Waals surface area contributed by atoms with Crippen LogP contribution in [0.25, 0.3) is 0 Å². The topological polar surface area (TPSA) is 92.9 Å². The summed E-state index contributed by atoms with van der Waals surface area (Å²) in [7, 11) is 1.53. The van der Waals surface area contributed by atoms with Crippen LogP contribution in [0.3, 0.4) is 0 Å². The number of nitrogens with one attached hydrogen (secondary N) is 2. The fourth-order valence-electron chi connectivity index (χ4n) is 1.99. The summed E-state index contributed by atoms with van der Waals surface area (Å²) in [5.41, 5.74) is 5.09. The van der Waals surface area contributed by atoms with Crippen molar-refractivity contribution < 1.29 is 0 Å². The molecule has 0 spiro atoms. The van der Waals surface area contributed by atoms with Gasteiger partial charge in [-0.25, -0.2) is 4.79 Å². The van der Waals surface area contributed by atoms with Crippen molar-refractivity contribution in [3.63, 3.8) is 0 Å². The third-order valence-corrected chi connectivity index (χ3v) is 3.45. The zero-order valence-corrected chi connectivity index (χ0v) is 9.95. The third-order valence-electron chi connectivity index (χ3n) is 3.45. The van der Waals surface area contributed by atoms with Crippen molar-refractivity contribution in [3.05, 3.63) is 20.8 Å². The molecule has 17 heavy (non-hydrogen) atoms. The van der Waals surface area contributed by atoms with E-state index in [4.69, 9.17) is 5.73 Å². The van der Waals surface area contributed by atoms with Gasteiger partial charge >= 0.3 is 5.69 Å². The molecule has 6 nitrogen and oxygen atoms in total. The normalized spacial score (nSPS) is 15.6. The molecule has 1 aliphatic rings. The molecule has 0 aliphatic heterocycles. The Labute approximate surface area is 98.8 Å². The van der Waals surface area contributed by atoms with Crippen LogP contribution in [0, 0.1) is 5.92 Å². The predicted molar refractivity (Wildman–Crippen MR) is 67.2 cm³/mol. The molecule has 2 rings (SSSR count). The average molecular weight is 238 g/mol. The second-order valence-electron chi connectivity index (χ2n) is 4.59. The van der Waals surface area contributed by atoms with E-state index in [0.29, 0.717) is 5.69 Å². The molecule has 1 fully saturated rings. The molecular formula is C11H18N4O2. The maximum atomic E-state index is 11.6. The number of aromatic amines is 1. The number of nitrogens with zero attached hydrogens (tertiary/aromatic N) is 1. The molecule has 0 amide bonds. The van der Waals surface area contributed by atoms with Gasteiger partial charge < -0.3 is 11.1 Å². The average Bonchev–Trinajstić information content (AvgIpc) is 2.22. The Bertz CT molecular complexity index is 513. The van der Waals surface area contributed by atoms with Crippen LogP contribution in [0.5, 0.6) is 0 Å². The summed E-state index contributed by atoms with van der Waals surface area (Å²) in [6.07, 6.45) is 4.91. The number of anilines is 2. The lowest BCUT2D eigenvalue weighted by Gasteiger charge is -2.25. The van der Waals surface area contributed by atoms with Crippen LogP contribution >= 0.6 is 0 Å². The largest absolute Gasteiger partial charge is 0.383 e. The van der Waals surface area contributed by atoms with Crippen molar-refractivity contribution in [2.75, 3.05) is 17.6 Å². The van der Waals surface area contributed by atoms with Gasteiger partial charge in [0.1, 0.15) is 11.5 Å². The van der Waals surface area contributed by atoms with Crippen molar-refractivity contribution in [2.45, 2.75) is 25.7 Å². The summed E-state index contributed by atoms with van der Waals surface area (Å²) < 4.78 is 1.23. The van der Waals surface area contributed by atoms with E-state index in [1.807, 2.05) is 0 Å². The number of nitrogens with two attached hydrogens (primary N) is 1. The summed E-state index contributed by atoms with van der Waals surface area (Å²) in [4.78, 5) is 25.0. The maximum absolute atomic E-state index is 11.6. The monoisotopic (exact) mass is 238 g/mol. The maximum Gasteiger partial charge on any atom is 0.329 e. The van der Waals surface area contributed by atoms with Crippen LogP contribution in [-0.2, 0) is 7.05 Å². The van der Waals surface area contributed by atoms with Crippen LogP contribution in [0.1, 0.15) is 25.7 Å². The van der Waals surface area contributed by atoms with Crippen molar-refractivity contribution in [1.82, 2.24) is 9.55 Å². The molecule has 1 aromatic rings. The summed E-state index contributed by atoms with van der Waals surface area (Å²) in [6.45, 7) is 0.718. The van der Waals surface area contributed by atoms with Gasteiger partial charge in [0, 0.05) is 13.6 Å². The third kappa shape index (κ3) is 2.35. The highest BCUT2D eigenvalue weighted by Crippen LogP contribution is 2.29. The van der Waals surface area contributed by atoms with E-state index in [1.54, 1.807) is 0 Å². The highest BCUT2D eigenvalue weighted by atomic mass is 16.2. The van der Waals surface area contributed by atoms with Gasteiger partial charge in [0.05, 0.1) is 0 Å². The number of aromatic nitrogens is 2. The van der Waals surface area contributed by atoms with Crippen molar-refractivity contribution in [2.24, 2.45) is 13.0 Å². The van der Waals surface area contributed by atoms with Gasteiger partial charge in [0.15, 0.2) is 0 Å². The van der Waals surface area contributed by atoms with Crippen LogP contribution in [0.2, 0.25) is 0 Å². The Balaban J connectivity index is 2.07. The molecule has 1 heterocycles. The fourth-order valence-corrected chi connectivity index (χ4v) is 1.99. The Hall–Kier alpha value is -1.72. The molecule has 0 unspecified atom stereocenters. The van der Waals surface area contributed by atoms with Gasteiger partial charge in [-0.15, -0.1) is 0 Å². The minimum absolute atomic E-state index is 0.187. The summed E-state index contributed by atoms with van der Waals surface area (Å²) in [6, 6.07) is 0. The first-order valence-corrected chi connectivity index (χ1v) is 5.92. The molecule has 4 N–H and O–H groups in total. The molecule has 1 aromatic heterocycles. The predicted octanol–water partition coefficient (Wildman–Crippen LogP) is 0.258. The molecule has 94 valence electrons. The first-order valence-electron chi connectivity index (χ1n) is 5.92. The molecule has 6 heteroatoms. The minimum Gasteiger partial charge on any atom is -0.383 e. The first kappa shape index (κ1) is 11.8. The highest BCUT2D eigenvalue weighted by Gasteiger charge is 2.17. The summed E-state index contributed by atoms with van der Waals surface area (Å²) >= 11 is 0. The number of hydrogen-bond acceptors (Lipinski definition) is 4. The number of hydrogen-bond donors (Lipinski definition) is 3. The van der Waals surface area contributed by atoms with E-state index in [-0.39, 0.29) is 5.82 Å². The molecule has 1 aliphatic carbocycles. The molecule has 0 aromatic carbocycles. The second kappa shape index (κ2) is 4.65. The Morgan fingerprint density at radius 1 is 1.47 bits per heavy atom. The van der Waals surface area contributed by atoms with E-state index >= 15 is 0 Å². The quantitative estimate of drug-likeness (QED) is 0.701. The van der Waals surface area contributed by atoms with Crippen LogP contribution in [0.15, 0.2) is 9.59 Å². The Kier molecular flexibility index (Phi) is 3.21. The fraction of sp³-hybridized carbons (Fsp3) is 0.636. The molecule has 0 radical (unpaired) electrons. The van der Waals surface area contributed by atoms with Gasteiger partial charge in [-0.3, -0.25) is 14.3 Å². The Morgan fingerprint density at radius 3 is 2.76 bits per heavy atom. The summed E-state index contributed by atoms with van der Waals surface area (Å²) in [5, 5.41) is 3.02. The minimum atomic E-state index is -0.489. The van der Waals surface area contributed by atoms with Gasteiger partial charge in [0.2, 0.25) is 0 Å². The number of nitrogen functional groups attached to an aromatic ring is 1. The lowest BCUT2D eigenvalue weighted by Crippen LogP contribution is -2.32. The standard InChI is InChI=1S/C11H18N4O2/c1-15-9(12)8(10(16)14-11(15)17)13-6-5-7-3-2-4-7/h7,13H,2-6,12H2,1H3,(H,14,16,17). The van der Waals surface area contributed by atoms with Crippen LogP contribution in [-0.4, -0.2) is 16.1 Å². The van der Waals surface area contributed by atoms with Gasteiger partial charge in [-0.1, -0.05) is 19.3 Å². The van der Waals surface area contributed by atoms with Crippen molar-refractivity contribution in [3.8, 4) is 0 Å². The lowest BCUT2D eigenvalue weighted by molar-refractivity contribution is 0.303. The first-order chi connectivity index (χ1) is 8.09. The zero-order valence-electron chi connectivity index (χ0n) is 9.95. The van der Waals surface area contributed by atoms with Gasteiger partial charge in [0.25, 0.3) is 5.56 Å². The van der Waals surface area contributed by atoms with Crippen molar-refractivity contribution >= 4 is 11.5 Å². The molecular weight excluding hydrogens is 220 g/mol. The van der Waals surface area contributed by atoms with E-state index in [2.05, 4.69) is 10.3 Å². The van der Waals surface area contributed by atoms with Gasteiger partial charge in [-0.2, -0.15) is 0 Å². The molecule has 0 saturated heterocycles. The van der Waals surface area contributed by atoms with E-state index < -0.39 is 11.2 Å². The van der Waals surface area contributed by atoms with E-state index in [0.717, 1.165) is 18.9 Å². The van der Waals surface area contributed by atoms with Crippen LogP contribution < -0.4 is 22.3 Å². The zero-order chi connectivity index (χ0) is 12.4. The Morgan fingerprint density at radius 2 is 2.18 bits per heavy atom. The van der Waals surface area contributed by atoms with Crippen molar-refractivity contribution in [1.29, 1.82) is 0 Å². The smallest absolute Gasteiger partial charge is 0.329 e. The highest BCUT2D eigenvalue weighted by molar-refractivity contribution is 5.60. The van der Waals surface area contributed by atoms with E-state index in [9.17, 15) is 9.59 Å². The second-order valence-corrected chi connectivity index (χ2v) is 4.59. The molecule has 0 bridgehead atoms. The van der Waals surface area contributed by atoms with Crippen LogP contribution in [0.4, 0.5) is 11.5 Å². The lowest BCUT2D eigenvalue weighted by atomic mass is 9.83. The molecule has 0 atom stereocenters. The number of rotatable bonds is 4. The molecule has 1 saturated carbocycles. The SMILES string of the molecule is Cn1c(N)c(NCCC2CCC2)c(=O)[nH]c1=O. The van der Waals surface area contributed by atoms with E-state index in [1.165, 1.54) is 30.9 Å². The summed E-state index contributed by atoms with van der Waals surface area (Å²) in [5.74, 6) is 0.961. The van der Waals surface area contributed by atoms with Gasteiger partial charge in [-0.05, 0) is 12.3 Å².